The maximum absolute atomic E-state index is 11.5. The summed E-state index contributed by atoms with van der Waals surface area (Å²) in [7, 11) is 4.12. The van der Waals surface area contributed by atoms with Gasteiger partial charge in [0, 0.05) is 12.6 Å². The van der Waals surface area contributed by atoms with Gasteiger partial charge in [0.1, 0.15) is 0 Å². The van der Waals surface area contributed by atoms with Crippen molar-refractivity contribution in [3.63, 3.8) is 0 Å². The number of rotatable bonds is 9. The predicted octanol–water partition coefficient (Wildman–Crippen LogP) is 1.08. The third-order valence-electron chi connectivity index (χ3n) is 2.66. The van der Waals surface area contributed by atoms with Gasteiger partial charge in [0.05, 0.1) is 6.54 Å². The molecule has 0 saturated heterocycles. The molecule has 0 aromatic heterocycles. The maximum Gasteiger partial charge on any atom is 0.233 e. The number of carbonyl (C=O) groups excluding carboxylic acids is 1. The Morgan fingerprint density at radius 3 is 2.35 bits per heavy atom. The van der Waals surface area contributed by atoms with Gasteiger partial charge in [-0.3, -0.25) is 4.79 Å². The van der Waals surface area contributed by atoms with Crippen molar-refractivity contribution in [1.82, 2.24) is 15.5 Å². The minimum Gasteiger partial charge on any atom is -0.355 e. The largest absolute Gasteiger partial charge is 0.355 e. The van der Waals surface area contributed by atoms with Gasteiger partial charge in [0.15, 0.2) is 0 Å². The molecule has 0 radical (unpaired) electrons. The van der Waals surface area contributed by atoms with E-state index in [-0.39, 0.29) is 5.91 Å². The summed E-state index contributed by atoms with van der Waals surface area (Å²) in [5.41, 5.74) is 0. The molecule has 1 atom stereocenters. The van der Waals surface area contributed by atoms with E-state index in [0.29, 0.717) is 18.5 Å². The fraction of sp³-hybridized carbons (Fsp3) is 0.923. The second-order valence-electron chi connectivity index (χ2n) is 5.41. The highest BCUT2D eigenvalue weighted by Crippen LogP contribution is 1.96. The molecule has 0 fully saturated rings. The van der Waals surface area contributed by atoms with Gasteiger partial charge in [0.25, 0.3) is 0 Å². The number of nitrogens with zero attached hydrogens (tertiary/aromatic N) is 1. The fourth-order valence-electron chi connectivity index (χ4n) is 1.38. The molecule has 0 aliphatic heterocycles. The van der Waals surface area contributed by atoms with E-state index in [2.05, 4.69) is 50.4 Å². The number of nitrogens with one attached hydrogen (secondary N) is 2. The molecule has 0 saturated carbocycles. The van der Waals surface area contributed by atoms with E-state index in [1.165, 1.54) is 0 Å². The molecule has 0 spiro atoms. The molecule has 4 heteroatoms. The third kappa shape index (κ3) is 11.6. The highest BCUT2D eigenvalue weighted by atomic mass is 16.1. The molecule has 4 nitrogen and oxygen atoms in total. The Bertz CT molecular complexity index is 205. The second-order valence-corrected chi connectivity index (χ2v) is 5.41. The average molecular weight is 243 g/mol. The molecule has 0 aromatic carbocycles. The fourth-order valence-corrected chi connectivity index (χ4v) is 1.38. The third-order valence-corrected chi connectivity index (χ3v) is 2.66. The molecule has 0 bridgehead atoms. The summed E-state index contributed by atoms with van der Waals surface area (Å²) < 4.78 is 0. The summed E-state index contributed by atoms with van der Waals surface area (Å²) in [4.78, 5) is 13.6. The van der Waals surface area contributed by atoms with Gasteiger partial charge in [-0.1, -0.05) is 13.8 Å². The van der Waals surface area contributed by atoms with Crippen LogP contribution in [0.3, 0.4) is 0 Å². The molecule has 0 aromatic rings. The number of hydrogen-bond acceptors (Lipinski definition) is 3. The molecule has 0 aliphatic rings. The molecule has 0 aliphatic carbocycles. The summed E-state index contributed by atoms with van der Waals surface area (Å²) in [5, 5.41) is 6.16. The zero-order valence-electron chi connectivity index (χ0n) is 12.0. The van der Waals surface area contributed by atoms with Crippen LogP contribution in [0.2, 0.25) is 0 Å². The van der Waals surface area contributed by atoms with Crippen molar-refractivity contribution >= 4 is 5.91 Å². The predicted molar refractivity (Wildman–Crippen MR) is 73.1 cm³/mol. The van der Waals surface area contributed by atoms with E-state index in [1.54, 1.807) is 0 Å². The number of amides is 1. The van der Waals surface area contributed by atoms with Crippen LogP contribution in [0.25, 0.3) is 0 Å². The Kier molecular flexibility index (Phi) is 9.09. The maximum atomic E-state index is 11.5. The first-order valence-corrected chi connectivity index (χ1v) is 6.56. The Balaban J connectivity index is 3.48. The lowest BCUT2D eigenvalue weighted by Crippen LogP contribution is -2.39. The van der Waals surface area contributed by atoms with Gasteiger partial charge < -0.3 is 15.5 Å². The van der Waals surface area contributed by atoms with Crippen LogP contribution in [0.1, 0.15) is 33.6 Å². The van der Waals surface area contributed by atoms with Crippen molar-refractivity contribution in [3.05, 3.63) is 0 Å². The summed E-state index contributed by atoms with van der Waals surface area (Å²) in [6, 6.07) is 0.383. The Morgan fingerprint density at radius 2 is 1.82 bits per heavy atom. The lowest BCUT2D eigenvalue weighted by molar-refractivity contribution is -0.120. The van der Waals surface area contributed by atoms with E-state index in [1.807, 2.05) is 0 Å². The SMILES string of the molecule is CC(C)CCNC(=O)CNC(C)CCN(C)C. The molecular weight excluding hydrogens is 214 g/mol. The van der Waals surface area contributed by atoms with Gasteiger partial charge >= 0.3 is 0 Å². The second kappa shape index (κ2) is 9.42. The normalized spacial score (nSPS) is 13.1. The Morgan fingerprint density at radius 1 is 1.18 bits per heavy atom. The van der Waals surface area contributed by atoms with Crippen molar-refractivity contribution in [2.24, 2.45) is 5.92 Å². The summed E-state index contributed by atoms with van der Waals surface area (Å²) in [6.45, 7) is 8.69. The van der Waals surface area contributed by atoms with Crippen LogP contribution in [0, 0.1) is 5.92 Å². The monoisotopic (exact) mass is 243 g/mol. The molecule has 102 valence electrons. The van der Waals surface area contributed by atoms with Crippen LogP contribution in [0.15, 0.2) is 0 Å². The van der Waals surface area contributed by atoms with Crippen LogP contribution in [-0.4, -0.2) is 50.6 Å². The smallest absolute Gasteiger partial charge is 0.233 e. The minimum atomic E-state index is 0.0994. The van der Waals surface area contributed by atoms with Crippen molar-refractivity contribution in [2.75, 3.05) is 33.7 Å². The minimum absolute atomic E-state index is 0.0994. The molecule has 1 amide bonds. The van der Waals surface area contributed by atoms with Crippen molar-refractivity contribution < 1.29 is 4.79 Å². The summed E-state index contributed by atoms with van der Waals surface area (Å²) >= 11 is 0. The molecule has 0 rings (SSSR count). The van der Waals surface area contributed by atoms with Gasteiger partial charge in [-0.05, 0) is 46.3 Å². The highest BCUT2D eigenvalue weighted by molar-refractivity contribution is 5.77. The van der Waals surface area contributed by atoms with Crippen molar-refractivity contribution in [1.29, 1.82) is 0 Å². The van der Waals surface area contributed by atoms with Gasteiger partial charge in [-0.25, -0.2) is 0 Å². The molecule has 1 unspecified atom stereocenters. The molecule has 17 heavy (non-hydrogen) atoms. The first-order chi connectivity index (χ1) is 7.91. The van der Waals surface area contributed by atoms with Crippen molar-refractivity contribution in [3.8, 4) is 0 Å². The lowest BCUT2D eigenvalue weighted by Gasteiger charge is -2.16. The zero-order chi connectivity index (χ0) is 13.3. The molecule has 2 N–H and O–H groups in total. The quantitative estimate of drug-likeness (QED) is 0.637. The molecule has 0 heterocycles. The highest BCUT2D eigenvalue weighted by Gasteiger charge is 2.05. The van der Waals surface area contributed by atoms with E-state index < -0.39 is 0 Å². The first-order valence-electron chi connectivity index (χ1n) is 6.56. The van der Waals surface area contributed by atoms with Gasteiger partial charge in [0.2, 0.25) is 5.91 Å². The number of hydrogen-bond donors (Lipinski definition) is 2. The van der Waals surface area contributed by atoms with E-state index >= 15 is 0 Å². The van der Waals surface area contributed by atoms with Crippen molar-refractivity contribution in [2.45, 2.75) is 39.7 Å². The standard InChI is InChI=1S/C13H29N3O/c1-11(2)6-8-14-13(17)10-15-12(3)7-9-16(4)5/h11-12,15H,6-10H2,1-5H3,(H,14,17). The van der Waals surface area contributed by atoms with Crippen LogP contribution < -0.4 is 10.6 Å². The van der Waals surface area contributed by atoms with Gasteiger partial charge in [-0.15, -0.1) is 0 Å². The summed E-state index contributed by atoms with van der Waals surface area (Å²) in [5.74, 6) is 0.740. The van der Waals surface area contributed by atoms with Crippen LogP contribution in [0.4, 0.5) is 0 Å². The van der Waals surface area contributed by atoms with Crippen LogP contribution in [-0.2, 0) is 4.79 Å². The Hall–Kier alpha value is -0.610. The molecular formula is C13H29N3O. The van der Waals surface area contributed by atoms with E-state index in [0.717, 1.165) is 25.9 Å². The topological polar surface area (TPSA) is 44.4 Å². The first kappa shape index (κ1) is 16.4. The Labute approximate surface area is 106 Å². The average Bonchev–Trinajstić information content (AvgIpc) is 2.23. The zero-order valence-corrected chi connectivity index (χ0v) is 12.0. The summed E-state index contributed by atoms with van der Waals surface area (Å²) in [6.07, 6.45) is 2.11. The number of carbonyl (C=O) groups is 1. The van der Waals surface area contributed by atoms with Crippen LogP contribution >= 0.6 is 0 Å². The van der Waals surface area contributed by atoms with Crippen LogP contribution in [0.5, 0.6) is 0 Å². The van der Waals surface area contributed by atoms with E-state index in [4.69, 9.17) is 0 Å². The van der Waals surface area contributed by atoms with Gasteiger partial charge in [-0.2, -0.15) is 0 Å². The lowest BCUT2D eigenvalue weighted by atomic mass is 10.1. The van der Waals surface area contributed by atoms with E-state index in [9.17, 15) is 4.79 Å².